The molecule has 0 saturated carbocycles. The van der Waals surface area contributed by atoms with Gasteiger partial charge in [0, 0.05) is 36.8 Å². The molecule has 0 radical (unpaired) electrons. The minimum atomic E-state index is 0. The van der Waals surface area contributed by atoms with E-state index >= 15 is 0 Å². The summed E-state index contributed by atoms with van der Waals surface area (Å²) in [5.74, 6) is 1.39. The molecule has 0 bridgehead atoms. The van der Waals surface area contributed by atoms with Crippen molar-refractivity contribution < 1.29 is 4.79 Å². The molecule has 2 aliphatic heterocycles. The number of nitrogens with zero attached hydrogens (tertiary/aromatic N) is 1. The van der Waals surface area contributed by atoms with Crippen LogP contribution >= 0.6 is 24.0 Å². The zero-order valence-corrected chi connectivity index (χ0v) is 12.4. The third-order valence-electron chi connectivity index (χ3n) is 4.10. The van der Waals surface area contributed by atoms with Gasteiger partial charge in [-0.3, -0.25) is 4.79 Å². The van der Waals surface area contributed by atoms with Crippen LogP contribution in [0.4, 0.5) is 0 Å². The fourth-order valence-electron chi connectivity index (χ4n) is 2.93. The van der Waals surface area contributed by atoms with Crippen LogP contribution in [0.3, 0.4) is 0 Å². The molecular weight excluding hydrogens is 283 g/mol. The molecule has 2 fully saturated rings. The van der Waals surface area contributed by atoms with E-state index in [9.17, 15) is 4.79 Å². The van der Waals surface area contributed by atoms with Gasteiger partial charge in [0.2, 0.25) is 0 Å². The van der Waals surface area contributed by atoms with Crippen LogP contribution in [0, 0.1) is 18.8 Å². The van der Waals surface area contributed by atoms with Crippen LogP contribution in [0.5, 0.6) is 0 Å². The molecule has 2 saturated heterocycles. The Kier molecular flexibility index (Phi) is 4.39. The van der Waals surface area contributed by atoms with E-state index in [0.717, 1.165) is 31.7 Å². The Labute approximate surface area is 124 Å². The smallest absolute Gasteiger partial charge is 0.253 e. The lowest BCUT2D eigenvalue weighted by Gasteiger charge is -2.17. The molecule has 1 N–H and O–H groups in total. The molecule has 2 heterocycles. The van der Waals surface area contributed by atoms with Gasteiger partial charge in [-0.2, -0.15) is 0 Å². The summed E-state index contributed by atoms with van der Waals surface area (Å²) in [6, 6.07) is 5.56. The Morgan fingerprint density at radius 1 is 1.32 bits per heavy atom. The maximum atomic E-state index is 12.4. The monoisotopic (exact) mass is 300 g/mol. The van der Waals surface area contributed by atoms with Gasteiger partial charge in [-0.15, -0.1) is 12.4 Å². The van der Waals surface area contributed by atoms with E-state index in [4.69, 9.17) is 11.6 Å². The highest BCUT2D eigenvalue weighted by atomic mass is 35.5. The fourth-order valence-corrected chi connectivity index (χ4v) is 3.11. The molecule has 0 aromatic heterocycles. The van der Waals surface area contributed by atoms with Crippen molar-refractivity contribution in [2.75, 3.05) is 26.2 Å². The van der Waals surface area contributed by atoms with E-state index < -0.39 is 0 Å². The van der Waals surface area contributed by atoms with Gasteiger partial charge >= 0.3 is 0 Å². The molecule has 0 aliphatic carbocycles. The summed E-state index contributed by atoms with van der Waals surface area (Å²) < 4.78 is 0. The van der Waals surface area contributed by atoms with Gasteiger partial charge in [0.25, 0.3) is 5.91 Å². The van der Waals surface area contributed by atoms with Gasteiger partial charge in [-0.1, -0.05) is 17.7 Å². The fraction of sp³-hybridized carbons (Fsp3) is 0.500. The van der Waals surface area contributed by atoms with Crippen molar-refractivity contribution >= 4 is 29.9 Å². The Morgan fingerprint density at radius 2 is 1.95 bits per heavy atom. The first-order chi connectivity index (χ1) is 8.65. The molecule has 2 aliphatic rings. The number of carbonyl (C=O) groups excluding carboxylic acids is 1. The molecular formula is C14H18Cl2N2O. The van der Waals surface area contributed by atoms with E-state index in [1.165, 1.54) is 0 Å². The average molecular weight is 301 g/mol. The lowest BCUT2D eigenvalue weighted by Crippen LogP contribution is -2.31. The Balaban J connectivity index is 0.00000133. The molecule has 3 nitrogen and oxygen atoms in total. The number of rotatable bonds is 1. The zero-order valence-electron chi connectivity index (χ0n) is 10.9. The van der Waals surface area contributed by atoms with Crippen LogP contribution in [0.25, 0.3) is 0 Å². The highest BCUT2D eigenvalue weighted by molar-refractivity contribution is 6.31. The lowest BCUT2D eigenvalue weighted by molar-refractivity contribution is 0.0781. The number of halogens is 2. The third-order valence-corrected chi connectivity index (χ3v) is 4.50. The molecule has 3 rings (SSSR count). The number of aryl methyl sites for hydroxylation is 1. The van der Waals surface area contributed by atoms with Crippen LogP contribution in [0.1, 0.15) is 15.9 Å². The van der Waals surface area contributed by atoms with E-state index in [0.29, 0.717) is 22.4 Å². The summed E-state index contributed by atoms with van der Waals surface area (Å²) in [5.41, 5.74) is 1.72. The van der Waals surface area contributed by atoms with E-state index in [2.05, 4.69) is 5.32 Å². The van der Waals surface area contributed by atoms with Gasteiger partial charge in [-0.05, 0) is 36.5 Å². The van der Waals surface area contributed by atoms with Crippen molar-refractivity contribution in [3.8, 4) is 0 Å². The second kappa shape index (κ2) is 5.70. The topological polar surface area (TPSA) is 32.3 Å². The van der Waals surface area contributed by atoms with Crippen molar-refractivity contribution in [2.24, 2.45) is 11.8 Å². The summed E-state index contributed by atoms with van der Waals surface area (Å²) in [5, 5.41) is 4.05. The summed E-state index contributed by atoms with van der Waals surface area (Å²) in [4.78, 5) is 14.4. The largest absolute Gasteiger partial charge is 0.338 e. The highest BCUT2D eigenvalue weighted by Crippen LogP contribution is 2.28. The van der Waals surface area contributed by atoms with Crippen LogP contribution in [0.2, 0.25) is 5.02 Å². The van der Waals surface area contributed by atoms with Gasteiger partial charge in [-0.25, -0.2) is 0 Å². The number of carbonyl (C=O) groups is 1. The van der Waals surface area contributed by atoms with Crippen LogP contribution in [-0.2, 0) is 0 Å². The number of fused-ring (bicyclic) bond motifs is 1. The Hall–Kier alpha value is -0.770. The Morgan fingerprint density at radius 3 is 2.53 bits per heavy atom. The van der Waals surface area contributed by atoms with Gasteiger partial charge in [0.1, 0.15) is 0 Å². The quantitative estimate of drug-likeness (QED) is 0.863. The number of amides is 1. The number of benzene rings is 1. The molecule has 2 atom stereocenters. The summed E-state index contributed by atoms with van der Waals surface area (Å²) >= 11 is 6.08. The molecule has 104 valence electrons. The first-order valence-corrected chi connectivity index (χ1v) is 6.79. The number of nitrogens with one attached hydrogen (secondary N) is 1. The molecule has 1 aromatic carbocycles. The number of hydrogen-bond acceptors (Lipinski definition) is 2. The van der Waals surface area contributed by atoms with Gasteiger partial charge in [0.05, 0.1) is 0 Å². The van der Waals surface area contributed by atoms with E-state index in [-0.39, 0.29) is 18.3 Å². The van der Waals surface area contributed by atoms with Crippen LogP contribution in [-0.4, -0.2) is 37.0 Å². The van der Waals surface area contributed by atoms with E-state index in [1.54, 1.807) is 6.07 Å². The van der Waals surface area contributed by atoms with E-state index in [1.807, 2.05) is 24.0 Å². The highest BCUT2D eigenvalue weighted by Gasteiger charge is 2.38. The van der Waals surface area contributed by atoms with Gasteiger partial charge in [0.15, 0.2) is 0 Å². The van der Waals surface area contributed by atoms with Crippen molar-refractivity contribution in [1.29, 1.82) is 0 Å². The maximum absolute atomic E-state index is 12.4. The maximum Gasteiger partial charge on any atom is 0.253 e. The SMILES string of the molecule is Cc1ccc(C(=O)N2C[C@H]3CNC[C@H]3C2)cc1Cl.Cl. The normalized spacial score (nSPS) is 25.1. The summed E-state index contributed by atoms with van der Waals surface area (Å²) in [7, 11) is 0. The van der Waals surface area contributed by atoms with Crippen molar-refractivity contribution in [2.45, 2.75) is 6.92 Å². The summed E-state index contributed by atoms with van der Waals surface area (Å²) in [6.45, 7) is 5.79. The molecule has 0 unspecified atom stereocenters. The lowest BCUT2D eigenvalue weighted by atomic mass is 10.0. The first-order valence-electron chi connectivity index (χ1n) is 6.41. The minimum absolute atomic E-state index is 0. The number of likely N-dealkylation sites (tertiary alicyclic amines) is 1. The molecule has 1 amide bonds. The number of hydrogen-bond donors (Lipinski definition) is 1. The average Bonchev–Trinajstić information content (AvgIpc) is 2.92. The predicted molar refractivity (Wildman–Crippen MR) is 79.2 cm³/mol. The molecule has 5 heteroatoms. The van der Waals surface area contributed by atoms with Crippen molar-refractivity contribution in [3.05, 3.63) is 34.3 Å². The summed E-state index contributed by atoms with van der Waals surface area (Å²) in [6.07, 6.45) is 0. The predicted octanol–water partition coefficient (Wildman–Crippen LogP) is 2.36. The van der Waals surface area contributed by atoms with Crippen LogP contribution in [0.15, 0.2) is 18.2 Å². The molecule has 0 spiro atoms. The Bertz CT molecular complexity index is 480. The minimum Gasteiger partial charge on any atom is -0.338 e. The third kappa shape index (κ3) is 2.73. The zero-order chi connectivity index (χ0) is 12.7. The standard InChI is InChI=1S/C14H17ClN2O.ClH/c1-9-2-3-10(4-13(9)15)14(18)17-7-11-5-16-6-12(11)8-17;/h2-4,11-12,16H,5-8H2,1H3;1H/t11-,12+;. The molecule has 19 heavy (non-hydrogen) atoms. The first kappa shape index (κ1) is 14.6. The second-order valence-electron chi connectivity index (χ2n) is 5.35. The second-order valence-corrected chi connectivity index (χ2v) is 5.76. The van der Waals surface area contributed by atoms with Crippen LogP contribution < -0.4 is 5.32 Å². The van der Waals surface area contributed by atoms with Gasteiger partial charge < -0.3 is 10.2 Å². The van der Waals surface area contributed by atoms with Crippen molar-refractivity contribution in [1.82, 2.24) is 10.2 Å². The van der Waals surface area contributed by atoms with Crippen molar-refractivity contribution in [3.63, 3.8) is 0 Å². The molecule has 1 aromatic rings.